The van der Waals surface area contributed by atoms with E-state index in [4.69, 9.17) is 5.73 Å². The van der Waals surface area contributed by atoms with Crippen LogP contribution in [0.15, 0.2) is 36.7 Å². The van der Waals surface area contributed by atoms with E-state index < -0.39 is 52.6 Å². The van der Waals surface area contributed by atoms with Crippen LogP contribution >= 0.6 is 0 Å². The number of alkyl halides is 3. The van der Waals surface area contributed by atoms with Gasteiger partial charge in [-0.2, -0.15) is 13.2 Å². The molecule has 0 aliphatic heterocycles. The molecule has 1 aliphatic rings. The number of carbonyl (C=O) groups is 2. The molecule has 0 radical (unpaired) electrons. The van der Waals surface area contributed by atoms with E-state index in [1.54, 1.807) is 19.0 Å². The summed E-state index contributed by atoms with van der Waals surface area (Å²) >= 11 is 0. The molecule has 11 heteroatoms. The van der Waals surface area contributed by atoms with Gasteiger partial charge in [0, 0.05) is 37.3 Å². The zero-order chi connectivity index (χ0) is 26.0. The van der Waals surface area contributed by atoms with Crippen LogP contribution in [0.1, 0.15) is 46.7 Å². The van der Waals surface area contributed by atoms with Gasteiger partial charge in [-0.1, -0.05) is 6.07 Å². The molecule has 3 N–H and O–H groups in total. The van der Waals surface area contributed by atoms with Crippen molar-refractivity contribution in [2.75, 3.05) is 20.6 Å². The van der Waals surface area contributed by atoms with E-state index in [9.17, 15) is 31.5 Å². The Morgan fingerprint density at radius 2 is 1.83 bits per heavy atom. The molecule has 1 aromatic heterocycles. The largest absolute Gasteiger partial charge is 0.395 e. The van der Waals surface area contributed by atoms with Crippen molar-refractivity contribution in [2.45, 2.75) is 43.8 Å². The van der Waals surface area contributed by atoms with Crippen LogP contribution in [0, 0.1) is 17.0 Å². The van der Waals surface area contributed by atoms with Gasteiger partial charge in [0.2, 0.25) is 5.91 Å². The number of nitrogens with two attached hydrogens (primary N) is 1. The second-order valence-corrected chi connectivity index (χ2v) is 9.12. The summed E-state index contributed by atoms with van der Waals surface area (Å²) in [5, 5.41) is 2.66. The molecule has 190 valence electrons. The molecule has 2 unspecified atom stereocenters. The Labute approximate surface area is 199 Å². The maximum Gasteiger partial charge on any atom is 0.395 e. The fourth-order valence-electron chi connectivity index (χ4n) is 4.36. The number of amides is 2. The first-order valence-electron chi connectivity index (χ1n) is 11.0. The van der Waals surface area contributed by atoms with Gasteiger partial charge in [-0.15, -0.1) is 0 Å². The van der Waals surface area contributed by atoms with Gasteiger partial charge in [-0.05, 0) is 62.7 Å². The molecule has 3 rings (SSSR count). The Bertz CT molecular complexity index is 1050. The van der Waals surface area contributed by atoms with Crippen LogP contribution < -0.4 is 11.1 Å². The van der Waals surface area contributed by atoms with Gasteiger partial charge in [0.15, 0.2) is 0 Å². The van der Waals surface area contributed by atoms with Crippen molar-refractivity contribution in [2.24, 2.45) is 11.1 Å². The van der Waals surface area contributed by atoms with E-state index in [0.717, 1.165) is 12.1 Å². The number of hydrogen-bond donors (Lipinski definition) is 2. The van der Waals surface area contributed by atoms with Crippen molar-refractivity contribution in [3.8, 4) is 0 Å². The lowest BCUT2D eigenvalue weighted by Crippen LogP contribution is -2.42. The van der Waals surface area contributed by atoms with Crippen molar-refractivity contribution in [3.63, 3.8) is 0 Å². The molecule has 1 saturated carbocycles. The van der Waals surface area contributed by atoms with Gasteiger partial charge < -0.3 is 16.0 Å². The Balaban J connectivity index is 1.71. The van der Waals surface area contributed by atoms with E-state index in [2.05, 4.69) is 10.3 Å². The number of halogens is 5. The minimum atomic E-state index is -4.45. The van der Waals surface area contributed by atoms with Gasteiger partial charge in [0.05, 0.1) is 5.41 Å². The van der Waals surface area contributed by atoms with Gasteiger partial charge >= 0.3 is 6.18 Å². The first kappa shape index (κ1) is 26.5. The monoisotopic (exact) mass is 498 g/mol. The number of likely N-dealkylation sites (N-methyl/N-ethyl adjacent to an activating group) is 1. The van der Waals surface area contributed by atoms with Gasteiger partial charge in [0.25, 0.3) is 5.91 Å². The van der Waals surface area contributed by atoms with Crippen molar-refractivity contribution < 1.29 is 31.5 Å². The molecule has 0 bridgehead atoms. The zero-order valence-corrected chi connectivity index (χ0v) is 19.3. The normalized spacial score (nSPS) is 16.6. The maximum atomic E-state index is 14.1. The van der Waals surface area contributed by atoms with Crippen LogP contribution in [0.3, 0.4) is 0 Å². The second-order valence-electron chi connectivity index (χ2n) is 9.12. The first-order valence-corrected chi connectivity index (χ1v) is 11.0. The molecule has 2 atom stereocenters. The third-order valence-electron chi connectivity index (χ3n) is 6.58. The molecule has 1 heterocycles. The smallest absolute Gasteiger partial charge is 0.365 e. The highest BCUT2D eigenvalue weighted by Crippen LogP contribution is 2.66. The Kier molecular flexibility index (Phi) is 7.78. The van der Waals surface area contributed by atoms with Gasteiger partial charge in [-0.3, -0.25) is 14.6 Å². The quantitative estimate of drug-likeness (QED) is 0.491. The fourth-order valence-corrected chi connectivity index (χ4v) is 4.36. The number of nitrogens with zero attached hydrogens (tertiary/aromatic N) is 2. The van der Waals surface area contributed by atoms with Gasteiger partial charge in [0.1, 0.15) is 17.2 Å². The molecule has 1 aliphatic carbocycles. The number of carbonyl (C=O) groups excluding carboxylic acids is 2. The van der Waals surface area contributed by atoms with Crippen molar-refractivity contribution in [1.82, 2.24) is 15.2 Å². The number of hydrogen-bond acceptors (Lipinski definition) is 4. The lowest BCUT2D eigenvalue weighted by molar-refractivity contribution is -0.194. The van der Waals surface area contributed by atoms with E-state index in [1.807, 2.05) is 0 Å². The summed E-state index contributed by atoms with van der Waals surface area (Å²) in [6.45, 7) is 0.0332. The molecule has 2 aromatic rings. The summed E-state index contributed by atoms with van der Waals surface area (Å²) < 4.78 is 69.8. The molecular formula is C24H27F5N4O2. The molecule has 2 amide bonds. The van der Waals surface area contributed by atoms with E-state index in [1.165, 1.54) is 24.5 Å². The van der Waals surface area contributed by atoms with E-state index in [-0.39, 0.29) is 37.8 Å². The van der Waals surface area contributed by atoms with E-state index >= 15 is 0 Å². The highest BCUT2D eigenvalue weighted by Gasteiger charge is 2.67. The number of pyridine rings is 1. The fraction of sp³-hybridized carbons (Fsp3) is 0.458. The predicted octanol–water partition coefficient (Wildman–Crippen LogP) is 3.56. The van der Waals surface area contributed by atoms with Crippen molar-refractivity contribution >= 4 is 11.8 Å². The summed E-state index contributed by atoms with van der Waals surface area (Å²) in [5.74, 6) is -5.04. The molecule has 6 nitrogen and oxygen atoms in total. The number of primary amides is 1. The van der Waals surface area contributed by atoms with Crippen LogP contribution in [-0.2, 0) is 11.2 Å². The zero-order valence-electron chi connectivity index (χ0n) is 19.3. The van der Waals surface area contributed by atoms with Crippen molar-refractivity contribution in [3.05, 3.63) is 65.0 Å². The molecular weight excluding hydrogens is 471 g/mol. The minimum absolute atomic E-state index is 0.0332. The number of rotatable bonds is 10. The van der Waals surface area contributed by atoms with E-state index in [0.29, 0.717) is 5.56 Å². The van der Waals surface area contributed by atoms with Crippen LogP contribution in [0.2, 0.25) is 0 Å². The topological polar surface area (TPSA) is 88.3 Å². The van der Waals surface area contributed by atoms with Crippen LogP contribution in [-0.4, -0.2) is 54.6 Å². The standard InChI is InChI=1S/C24H27F5N4O2/c1-33(2)16(8-14-9-18(25)21(22(30)35)19(26)10-14)13-32-20(34)11-17(15-4-3-7-31-12-15)23(5-6-23)24(27,28)29/h3-4,7,9-10,12,16-17H,5-6,8,11,13H2,1-2H3,(H2,30,35)(H,32,34). The third kappa shape index (κ3) is 5.95. The molecule has 1 aromatic carbocycles. The van der Waals surface area contributed by atoms with Crippen LogP contribution in [0.5, 0.6) is 0 Å². The highest BCUT2D eigenvalue weighted by atomic mass is 19.4. The lowest BCUT2D eigenvalue weighted by Gasteiger charge is -2.30. The summed E-state index contributed by atoms with van der Waals surface area (Å²) in [6.07, 6.45) is -2.02. The molecule has 35 heavy (non-hydrogen) atoms. The Hall–Kier alpha value is -3.08. The average Bonchev–Trinajstić information content (AvgIpc) is 3.56. The predicted molar refractivity (Wildman–Crippen MR) is 118 cm³/mol. The molecule has 0 spiro atoms. The highest BCUT2D eigenvalue weighted by molar-refractivity contribution is 5.93. The van der Waals surface area contributed by atoms with Crippen molar-refractivity contribution in [1.29, 1.82) is 0 Å². The summed E-state index contributed by atoms with van der Waals surface area (Å²) in [5.41, 5.74) is 2.79. The Morgan fingerprint density at radius 3 is 2.29 bits per heavy atom. The molecule has 1 fully saturated rings. The SMILES string of the molecule is CN(C)C(CNC(=O)CC(c1cccnc1)C1(C(F)(F)F)CC1)Cc1cc(F)c(C(N)=O)c(F)c1. The Morgan fingerprint density at radius 1 is 1.20 bits per heavy atom. The molecule has 0 saturated heterocycles. The number of benzene rings is 1. The summed E-state index contributed by atoms with van der Waals surface area (Å²) in [4.78, 5) is 29.6. The third-order valence-corrected chi connectivity index (χ3v) is 6.58. The summed E-state index contributed by atoms with van der Waals surface area (Å²) in [6, 6.07) is 4.65. The summed E-state index contributed by atoms with van der Waals surface area (Å²) in [7, 11) is 3.39. The van der Waals surface area contributed by atoms with Gasteiger partial charge in [-0.25, -0.2) is 8.78 Å². The number of nitrogens with one attached hydrogen (secondary N) is 1. The minimum Gasteiger partial charge on any atom is -0.365 e. The average molecular weight is 498 g/mol. The maximum absolute atomic E-state index is 14.1. The van der Waals surface area contributed by atoms with Crippen LogP contribution in [0.4, 0.5) is 22.0 Å². The second kappa shape index (κ2) is 10.3. The van der Waals surface area contributed by atoms with Crippen LogP contribution in [0.25, 0.3) is 0 Å². The number of aromatic nitrogens is 1. The first-order chi connectivity index (χ1) is 16.4. The lowest BCUT2D eigenvalue weighted by atomic mass is 9.80.